The van der Waals surface area contributed by atoms with Crippen LogP contribution in [0.1, 0.15) is 59.7 Å². The van der Waals surface area contributed by atoms with Gasteiger partial charge in [0, 0.05) is 18.7 Å². The van der Waals surface area contributed by atoms with Crippen molar-refractivity contribution >= 4 is 28.3 Å². The van der Waals surface area contributed by atoms with Crippen molar-refractivity contribution < 1.29 is 13.8 Å². The highest BCUT2D eigenvalue weighted by Gasteiger charge is 2.30. The molecule has 1 unspecified atom stereocenters. The third-order valence-corrected chi connectivity index (χ3v) is 7.73. The van der Waals surface area contributed by atoms with Crippen LogP contribution in [0.3, 0.4) is 0 Å². The summed E-state index contributed by atoms with van der Waals surface area (Å²) in [6, 6.07) is 12.1. The van der Waals surface area contributed by atoms with Crippen molar-refractivity contribution in [3.05, 3.63) is 53.6 Å². The molecule has 0 bridgehead atoms. The van der Waals surface area contributed by atoms with Crippen LogP contribution >= 0.6 is 0 Å². The summed E-state index contributed by atoms with van der Waals surface area (Å²) in [7, 11) is -1.48. The van der Waals surface area contributed by atoms with Gasteiger partial charge in [-0.25, -0.2) is 4.21 Å². The van der Waals surface area contributed by atoms with Crippen molar-refractivity contribution in [1.82, 2.24) is 10.2 Å². The van der Waals surface area contributed by atoms with Gasteiger partial charge in [0.2, 0.25) is 0 Å². The third kappa shape index (κ3) is 4.79. The Hall–Kier alpha value is -2.51. The normalized spacial score (nSPS) is 19.0. The number of fused-ring (bicyclic) bond motifs is 2. The maximum Gasteiger partial charge on any atom is 0.259 e. The van der Waals surface area contributed by atoms with Crippen LogP contribution in [0, 0.1) is 0 Å². The van der Waals surface area contributed by atoms with E-state index < -0.39 is 10.8 Å². The van der Waals surface area contributed by atoms with E-state index in [1.54, 1.807) is 47.4 Å². The number of nitrogens with zero attached hydrogens (tertiary/aromatic N) is 2. The Kier molecular flexibility index (Phi) is 7.37. The molecule has 2 aliphatic rings. The quantitative estimate of drug-likeness (QED) is 0.675. The molecule has 2 heterocycles. The van der Waals surface area contributed by atoms with Crippen LogP contribution in [0.4, 0.5) is 5.69 Å². The largest absolute Gasteiger partial charge is 0.352 e. The van der Waals surface area contributed by atoms with E-state index in [2.05, 4.69) is 10.2 Å². The molecule has 0 aromatic heterocycles. The molecule has 1 saturated heterocycles. The summed E-state index contributed by atoms with van der Waals surface area (Å²) >= 11 is 0. The average Bonchev–Trinajstić information content (AvgIpc) is 3.14. The van der Waals surface area contributed by atoms with Crippen LogP contribution in [-0.4, -0.2) is 53.6 Å². The van der Waals surface area contributed by atoms with E-state index in [4.69, 9.17) is 0 Å². The molecular formula is C25H31N3O3S. The zero-order valence-corrected chi connectivity index (χ0v) is 19.5. The molecule has 170 valence electrons. The molecule has 1 atom stereocenters. The minimum atomic E-state index is -1.48. The van der Waals surface area contributed by atoms with Crippen LogP contribution in [-0.2, 0) is 10.8 Å². The summed E-state index contributed by atoms with van der Waals surface area (Å²) in [5, 5.41) is 3.00. The summed E-state index contributed by atoms with van der Waals surface area (Å²) in [5.74, 6) is -0.357. The van der Waals surface area contributed by atoms with Crippen LogP contribution in [0.25, 0.3) is 0 Å². The maximum atomic E-state index is 13.2. The van der Waals surface area contributed by atoms with E-state index in [9.17, 15) is 13.8 Å². The van der Waals surface area contributed by atoms with Gasteiger partial charge in [-0.1, -0.05) is 25.0 Å². The SMILES string of the molecule is CCN1C(=O)c2ccccc2S(=O)c2ccc(C(=O)NCCCN3CCCCCC3)cc21. The number of nitrogens with one attached hydrogen (secondary N) is 1. The molecule has 2 aliphatic heterocycles. The monoisotopic (exact) mass is 453 g/mol. The number of amides is 2. The Morgan fingerprint density at radius 3 is 2.53 bits per heavy atom. The predicted molar refractivity (Wildman–Crippen MR) is 127 cm³/mol. The summed E-state index contributed by atoms with van der Waals surface area (Å²) in [4.78, 5) is 31.1. The number of likely N-dealkylation sites (tertiary alicyclic amines) is 1. The average molecular weight is 454 g/mol. The zero-order valence-electron chi connectivity index (χ0n) is 18.6. The van der Waals surface area contributed by atoms with Crippen LogP contribution in [0.15, 0.2) is 52.3 Å². The number of anilines is 1. The topological polar surface area (TPSA) is 69.7 Å². The van der Waals surface area contributed by atoms with Crippen molar-refractivity contribution in [2.75, 3.05) is 37.6 Å². The Morgan fingerprint density at radius 1 is 1.03 bits per heavy atom. The van der Waals surface area contributed by atoms with E-state index in [-0.39, 0.29) is 11.8 Å². The second-order valence-corrected chi connectivity index (χ2v) is 9.78. The minimum absolute atomic E-state index is 0.167. The lowest BCUT2D eigenvalue weighted by molar-refractivity contribution is 0.0948. The molecule has 2 amide bonds. The third-order valence-electron chi connectivity index (χ3n) is 6.23. The van der Waals surface area contributed by atoms with Gasteiger partial charge >= 0.3 is 0 Å². The number of benzene rings is 2. The first-order chi connectivity index (χ1) is 15.6. The van der Waals surface area contributed by atoms with Gasteiger partial charge < -0.3 is 15.1 Å². The molecule has 6 nitrogen and oxygen atoms in total. The molecule has 2 aromatic rings. The van der Waals surface area contributed by atoms with Gasteiger partial charge in [-0.05, 0) is 76.2 Å². The highest BCUT2D eigenvalue weighted by molar-refractivity contribution is 7.85. The van der Waals surface area contributed by atoms with Crippen molar-refractivity contribution in [2.24, 2.45) is 0 Å². The van der Waals surface area contributed by atoms with Crippen LogP contribution in [0.2, 0.25) is 0 Å². The highest BCUT2D eigenvalue weighted by atomic mass is 32.2. The maximum absolute atomic E-state index is 13.2. The van der Waals surface area contributed by atoms with Gasteiger partial charge in [0.1, 0.15) is 0 Å². The van der Waals surface area contributed by atoms with E-state index in [0.29, 0.717) is 39.7 Å². The molecule has 32 heavy (non-hydrogen) atoms. The van der Waals surface area contributed by atoms with E-state index in [0.717, 1.165) is 26.1 Å². The lowest BCUT2D eigenvalue weighted by Gasteiger charge is -2.22. The lowest BCUT2D eigenvalue weighted by Crippen LogP contribution is -2.32. The molecule has 0 aliphatic carbocycles. The van der Waals surface area contributed by atoms with E-state index >= 15 is 0 Å². The first-order valence-corrected chi connectivity index (χ1v) is 12.7. The first kappa shape index (κ1) is 22.7. The van der Waals surface area contributed by atoms with E-state index in [1.165, 1.54) is 25.7 Å². The Balaban J connectivity index is 1.47. The van der Waals surface area contributed by atoms with Gasteiger partial charge in [-0.15, -0.1) is 0 Å². The van der Waals surface area contributed by atoms with Crippen molar-refractivity contribution in [3.63, 3.8) is 0 Å². The Morgan fingerprint density at radius 2 is 1.78 bits per heavy atom. The summed E-state index contributed by atoms with van der Waals surface area (Å²) in [6.07, 6.45) is 6.08. The fourth-order valence-corrected chi connectivity index (χ4v) is 5.83. The standard InChI is InChI=1S/C25H31N3O3S/c1-2-28-21-18-19(24(29)26-14-9-17-27-15-7-3-4-8-16-27)12-13-23(21)32(31)22-11-6-5-10-20(22)25(28)30/h5-6,10-13,18H,2-4,7-9,14-17H2,1H3,(H,26,29). The van der Waals surface area contributed by atoms with Crippen molar-refractivity contribution in [3.8, 4) is 0 Å². The van der Waals surface area contributed by atoms with Gasteiger partial charge in [0.05, 0.1) is 31.8 Å². The molecular weight excluding hydrogens is 422 g/mol. The van der Waals surface area contributed by atoms with Gasteiger partial charge in [-0.3, -0.25) is 9.59 Å². The number of carbonyl (C=O) groups is 2. The molecule has 0 radical (unpaired) electrons. The van der Waals surface area contributed by atoms with Crippen molar-refractivity contribution in [2.45, 2.75) is 48.8 Å². The number of rotatable bonds is 6. The zero-order chi connectivity index (χ0) is 22.5. The smallest absolute Gasteiger partial charge is 0.259 e. The number of hydrogen-bond donors (Lipinski definition) is 1. The molecule has 0 saturated carbocycles. The number of carbonyl (C=O) groups excluding carboxylic acids is 2. The van der Waals surface area contributed by atoms with Crippen LogP contribution < -0.4 is 10.2 Å². The highest BCUT2D eigenvalue weighted by Crippen LogP contribution is 2.35. The molecule has 2 aromatic carbocycles. The van der Waals surface area contributed by atoms with Crippen LogP contribution in [0.5, 0.6) is 0 Å². The summed E-state index contributed by atoms with van der Waals surface area (Å²) < 4.78 is 13.2. The Bertz CT molecular complexity index is 1020. The lowest BCUT2D eigenvalue weighted by atomic mass is 10.1. The molecule has 4 rings (SSSR count). The first-order valence-electron chi connectivity index (χ1n) is 11.6. The predicted octanol–water partition coefficient (Wildman–Crippen LogP) is 3.83. The molecule has 1 N–H and O–H groups in total. The second-order valence-electron chi connectivity index (χ2n) is 8.36. The van der Waals surface area contributed by atoms with E-state index in [1.807, 2.05) is 6.92 Å². The second kappa shape index (κ2) is 10.4. The van der Waals surface area contributed by atoms with Gasteiger partial charge in [0.25, 0.3) is 11.8 Å². The fraction of sp³-hybridized carbons (Fsp3) is 0.440. The summed E-state index contributed by atoms with van der Waals surface area (Å²) in [6.45, 7) is 6.23. The van der Waals surface area contributed by atoms with Gasteiger partial charge in [-0.2, -0.15) is 0 Å². The minimum Gasteiger partial charge on any atom is -0.352 e. The van der Waals surface area contributed by atoms with Crippen molar-refractivity contribution in [1.29, 1.82) is 0 Å². The number of hydrogen-bond acceptors (Lipinski definition) is 4. The van der Waals surface area contributed by atoms with Gasteiger partial charge in [0.15, 0.2) is 0 Å². The molecule has 7 heteroatoms. The molecule has 0 spiro atoms. The fourth-order valence-electron chi connectivity index (χ4n) is 4.48. The summed E-state index contributed by atoms with van der Waals surface area (Å²) in [5.41, 5.74) is 1.47. The Labute approximate surface area is 192 Å². The molecule has 1 fully saturated rings.